The fraction of sp³-hybridized carbons (Fsp3) is 0.462. The van der Waals surface area contributed by atoms with Crippen molar-refractivity contribution >= 4 is 27.5 Å². The number of hydrogen-bond acceptors (Lipinski definition) is 2. The second-order valence-electron chi connectivity index (χ2n) is 4.66. The molecular weight excluding hydrogens is 280 g/mol. The van der Waals surface area contributed by atoms with E-state index in [0.717, 1.165) is 28.8 Å². The molecule has 17 heavy (non-hydrogen) atoms. The van der Waals surface area contributed by atoms with Gasteiger partial charge in [-0.2, -0.15) is 0 Å². The number of anilines is 1. The fourth-order valence-electron chi connectivity index (χ4n) is 1.85. The van der Waals surface area contributed by atoms with Gasteiger partial charge < -0.3 is 10.6 Å². The van der Waals surface area contributed by atoms with Crippen LogP contribution < -0.4 is 10.6 Å². The summed E-state index contributed by atoms with van der Waals surface area (Å²) in [4.78, 5) is 12.1. The Kier molecular flexibility index (Phi) is 3.84. The molecule has 0 bridgehead atoms. The molecule has 0 spiro atoms. The van der Waals surface area contributed by atoms with Crippen molar-refractivity contribution in [3.63, 3.8) is 0 Å². The maximum absolute atomic E-state index is 12.1. The molecule has 0 radical (unpaired) electrons. The number of halogens is 1. The number of hydrogen-bond donors (Lipinski definition) is 2. The average molecular weight is 297 g/mol. The van der Waals surface area contributed by atoms with Gasteiger partial charge in [-0.1, -0.05) is 28.9 Å². The highest BCUT2D eigenvalue weighted by molar-refractivity contribution is 9.10. The van der Waals surface area contributed by atoms with Crippen LogP contribution in [0.4, 0.5) is 5.69 Å². The van der Waals surface area contributed by atoms with Crippen LogP contribution in [-0.2, 0) is 4.79 Å². The molecule has 1 heterocycles. The van der Waals surface area contributed by atoms with Crippen LogP contribution in [0.25, 0.3) is 0 Å². The first-order valence-electron chi connectivity index (χ1n) is 5.85. The molecule has 1 aromatic rings. The molecule has 1 aliphatic rings. The summed E-state index contributed by atoms with van der Waals surface area (Å²) in [5, 5.41) is 6.20. The van der Waals surface area contributed by atoms with Gasteiger partial charge in [0.15, 0.2) is 0 Å². The largest absolute Gasteiger partial charge is 0.326 e. The van der Waals surface area contributed by atoms with Crippen molar-refractivity contribution in [2.75, 3.05) is 18.4 Å². The molecule has 1 amide bonds. The molecule has 92 valence electrons. The molecule has 1 aliphatic heterocycles. The van der Waals surface area contributed by atoms with E-state index in [1.165, 1.54) is 0 Å². The van der Waals surface area contributed by atoms with Gasteiger partial charge in [0.2, 0.25) is 5.91 Å². The Labute approximate surface area is 110 Å². The summed E-state index contributed by atoms with van der Waals surface area (Å²) in [5.74, 6) is 0.648. The van der Waals surface area contributed by atoms with E-state index in [1.54, 1.807) is 0 Å². The Hall–Kier alpha value is -0.870. The first-order valence-corrected chi connectivity index (χ1v) is 6.65. The second-order valence-corrected chi connectivity index (χ2v) is 5.57. The van der Waals surface area contributed by atoms with Crippen LogP contribution in [0.15, 0.2) is 22.7 Å². The van der Waals surface area contributed by atoms with Crippen molar-refractivity contribution in [2.45, 2.75) is 13.8 Å². The standard InChI is InChI=1S/C13H17BrN2O/c1-8-3-4-11(14)5-12(8)16-13(17)9(2)10-6-15-7-10/h3-5,9-10,15H,6-7H2,1-2H3,(H,16,17). The van der Waals surface area contributed by atoms with E-state index in [4.69, 9.17) is 0 Å². The quantitative estimate of drug-likeness (QED) is 0.900. The lowest BCUT2D eigenvalue weighted by Gasteiger charge is -2.31. The fourth-order valence-corrected chi connectivity index (χ4v) is 2.22. The molecule has 0 saturated carbocycles. The minimum Gasteiger partial charge on any atom is -0.326 e. The maximum atomic E-state index is 12.1. The Morgan fingerprint density at radius 3 is 2.82 bits per heavy atom. The normalized spacial score (nSPS) is 17.4. The minimum absolute atomic E-state index is 0.0645. The van der Waals surface area contributed by atoms with Crippen molar-refractivity contribution in [1.82, 2.24) is 5.32 Å². The lowest BCUT2D eigenvalue weighted by Crippen LogP contribution is -2.48. The van der Waals surface area contributed by atoms with E-state index < -0.39 is 0 Å². The molecular formula is C13H17BrN2O. The number of carbonyl (C=O) groups excluding carboxylic acids is 1. The van der Waals surface area contributed by atoms with Gasteiger partial charge in [-0.25, -0.2) is 0 Å². The average Bonchev–Trinajstić information content (AvgIpc) is 2.21. The van der Waals surface area contributed by atoms with Crippen LogP contribution in [0.1, 0.15) is 12.5 Å². The Morgan fingerprint density at radius 1 is 1.53 bits per heavy atom. The topological polar surface area (TPSA) is 41.1 Å². The van der Waals surface area contributed by atoms with Crippen molar-refractivity contribution in [3.8, 4) is 0 Å². The monoisotopic (exact) mass is 296 g/mol. The van der Waals surface area contributed by atoms with E-state index >= 15 is 0 Å². The zero-order chi connectivity index (χ0) is 12.4. The summed E-state index contributed by atoms with van der Waals surface area (Å²) in [6, 6.07) is 5.92. The van der Waals surface area contributed by atoms with Gasteiger partial charge >= 0.3 is 0 Å². The van der Waals surface area contributed by atoms with Crippen LogP contribution in [-0.4, -0.2) is 19.0 Å². The zero-order valence-corrected chi connectivity index (χ0v) is 11.7. The van der Waals surface area contributed by atoms with E-state index in [-0.39, 0.29) is 11.8 Å². The molecule has 1 aromatic carbocycles. The number of benzene rings is 1. The molecule has 0 aromatic heterocycles. The third kappa shape index (κ3) is 2.87. The molecule has 1 fully saturated rings. The summed E-state index contributed by atoms with van der Waals surface area (Å²) in [7, 11) is 0. The van der Waals surface area contributed by atoms with E-state index in [9.17, 15) is 4.79 Å². The Bertz CT molecular complexity index is 429. The highest BCUT2D eigenvalue weighted by Crippen LogP contribution is 2.23. The summed E-state index contributed by atoms with van der Waals surface area (Å²) in [6.07, 6.45) is 0. The van der Waals surface area contributed by atoms with Gasteiger partial charge in [0.25, 0.3) is 0 Å². The third-order valence-electron chi connectivity index (χ3n) is 3.39. The van der Waals surface area contributed by atoms with Crippen LogP contribution in [0.3, 0.4) is 0 Å². The van der Waals surface area contributed by atoms with Crippen molar-refractivity contribution in [1.29, 1.82) is 0 Å². The Morgan fingerprint density at radius 2 is 2.24 bits per heavy atom. The predicted molar refractivity (Wildman–Crippen MR) is 73.0 cm³/mol. The summed E-state index contributed by atoms with van der Waals surface area (Å²) >= 11 is 3.42. The van der Waals surface area contributed by atoms with Gasteiger partial charge in [-0.05, 0) is 43.6 Å². The number of carbonyl (C=O) groups is 1. The van der Waals surface area contributed by atoms with Crippen LogP contribution in [0, 0.1) is 18.8 Å². The van der Waals surface area contributed by atoms with Crippen molar-refractivity contribution < 1.29 is 4.79 Å². The van der Waals surface area contributed by atoms with Crippen LogP contribution in [0.5, 0.6) is 0 Å². The van der Waals surface area contributed by atoms with Gasteiger partial charge in [-0.3, -0.25) is 4.79 Å². The molecule has 0 aliphatic carbocycles. The first kappa shape index (κ1) is 12.6. The highest BCUT2D eigenvalue weighted by atomic mass is 79.9. The number of nitrogens with one attached hydrogen (secondary N) is 2. The zero-order valence-electron chi connectivity index (χ0n) is 10.1. The highest BCUT2D eigenvalue weighted by Gasteiger charge is 2.28. The number of aryl methyl sites for hydroxylation is 1. The predicted octanol–water partition coefficient (Wildman–Crippen LogP) is 2.55. The molecule has 2 rings (SSSR count). The lowest BCUT2D eigenvalue weighted by atomic mass is 9.88. The Balaban J connectivity index is 2.04. The molecule has 2 N–H and O–H groups in total. The first-order chi connectivity index (χ1) is 8.08. The van der Waals surface area contributed by atoms with Gasteiger partial charge in [-0.15, -0.1) is 0 Å². The van der Waals surface area contributed by atoms with Crippen LogP contribution >= 0.6 is 15.9 Å². The van der Waals surface area contributed by atoms with Crippen molar-refractivity contribution in [3.05, 3.63) is 28.2 Å². The second kappa shape index (κ2) is 5.19. The molecule has 3 nitrogen and oxygen atoms in total. The van der Waals surface area contributed by atoms with Crippen LogP contribution in [0.2, 0.25) is 0 Å². The van der Waals surface area contributed by atoms with Gasteiger partial charge in [0.1, 0.15) is 0 Å². The molecule has 1 atom stereocenters. The summed E-state index contributed by atoms with van der Waals surface area (Å²) in [5.41, 5.74) is 1.98. The van der Waals surface area contributed by atoms with E-state index in [2.05, 4.69) is 26.6 Å². The summed E-state index contributed by atoms with van der Waals surface area (Å²) in [6.45, 7) is 5.89. The maximum Gasteiger partial charge on any atom is 0.227 e. The van der Waals surface area contributed by atoms with Gasteiger partial charge in [0, 0.05) is 16.1 Å². The SMILES string of the molecule is Cc1ccc(Br)cc1NC(=O)C(C)C1CNC1. The smallest absolute Gasteiger partial charge is 0.227 e. The third-order valence-corrected chi connectivity index (χ3v) is 3.88. The van der Waals surface area contributed by atoms with E-state index in [1.807, 2.05) is 32.0 Å². The molecule has 1 unspecified atom stereocenters. The van der Waals surface area contributed by atoms with Crippen molar-refractivity contribution in [2.24, 2.45) is 11.8 Å². The molecule has 4 heteroatoms. The van der Waals surface area contributed by atoms with E-state index in [0.29, 0.717) is 5.92 Å². The lowest BCUT2D eigenvalue weighted by molar-refractivity contribution is -0.121. The number of rotatable bonds is 3. The number of amides is 1. The summed E-state index contributed by atoms with van der Waals surface area (Å²) < 4.78 is 0.983. The molecule has 1 saturated heterocycles. The minimum atomic E-state index is 0.0645. The van der Waals surface area contributed by atoms with Gasteiger partial charge in [0.05, 0.1) is 0 Å².